The van der Waals surface area contributed by atoms with E-state index in [4.69, 9.17) is 9.47 Å². The lowest BCUT2D eigenvalue weighted by atomic mass is 9.98. The lowest BCUT2D eigenvalue weighted by Gasteiger charge is -2.24. The van der Waals surface area contributed by atoms with Gasteiger partial charge in [-0.15, -0.1) is 0 Å². The van der Waals surface area contributed by atoms with Crippen LogP contribution in [0, 0.1) is 5.92 Å². The Kier molecular flexibility index (Phi) is 11.1. The standard InChI is InChI=1S/C34H41N3O5/c1-4-41-19-18-35-32(38)30(20-23(2)3)36-33(39)31(21-24-12-6-5-7-13-24)37-34(40)42-22-29-27-16-10-8-14-25(27)26-15-9-11-17-28(26)29/h5-17,23,29-31H,4,18-22H2,1-3H3,(H,35,38)(H,36,39)(H,37,40)/t30-,31-/m0/s1. The van der Waals surface area contributed by atoms with Gasteiger partial charge in [-0.05, 0) is 47.1 Å². The van der Waals surface area contributed by atoms with E-state index >= 15 is 0 Å². The van der Waals surface area contributed by atoms with Crippen molar-refractivity contribution in [2.24, 2.45) is 5.92 Å². The van der Waals surface area contributed by atoms with E-state index < -0.39 is 24.1 Å². The van der Waals surface area contributed by atoms with Crippen LogP contribution in [0.25, 0.3) is 11.1 Å². The first kappa shape index (κ1) is 30.8. The van der Waals surface area contributed by atoms with Gasteiger partial charge in [-0.3, -0.25) is 9.59 Å². The zero-order valence-corrected chi connectivity index (χ0v) is 24.6. The van der Waals surface area contributed by atoms with Crippen LogP contribution in [-0.2, 0) is 25.5 Å². The molecule has 8 nitrogen and oxygen atoms in total. The first-order valence-electron chi connectivity index (χ1n) is 14.7. The minimum absolute atomic E-state index is 0.0969. The highest BCUT2D eigenvalue weighted by Gasteiger charge is 2.31. The summed E-state index contributed by atoms with van der Waals surface area (Å²) >= 11 is 0. The molecule has 0 bridgehead atoms. The van der Waals surface area contributed by atoms with E-state index in [9.17, 15) is 14.4 Å². The zero-order chi connectivity index (χ0) is 29.9. The van der Waals surface area contributed by atoms with Gasteiger partial charge in [0.15, 0.2) is 0 Å². The van der Waals surface area contributed by atoms with Crippen molar-refractivity contribution < 1.29 is 23.9 Å². The number of alkyl carbamates (subject to hydrolysis) is 1. The van der Waals surface area contributed by atoms with E-state index in [2.05, 4.69) is 40.2 Å². The maximum atomic E-state index is 13.6. The Hall–Kier alpha value is -4.17. The highest BCUT2D eigenvalue weighted by molar-refractivity contribution is 5.91. The fraction of sp³-hybridized carbons (Fsp3) is 0.382. The molecule has 3 amide bonds. The Balaban J connectivity index is 1.44. The number of rotatable bonds is 14. The molecule has 3 N–H and O–H groups in total. The van der Waals surface area contributed by atoms with Gasteiger partial charge in [-0.1, -0.05) is 92.7 Å². The second-order valence-electron chi connectivity index (χ2n) is 10.9. The summed E-state index contributed by atoms with van der Waals surface area (Å²) in [7, 11) is 0. The third kappa shape index (κ3) is 8.19. The van der Waals surface area contributed by atoms with E-state index in [1.807, 2.05) is 75.4 Å². The molecule has 222 valence electrons. The Bertz CT molecular complexity index is 1300. The fourth-order valence-electron chi connectivity index (χ4n) is 5.33. The summed E-state index contributed by atoms with van der Waals surface area (Å²) in [5, 5.41) is 8.48. The van der Waals surface area contributed by atoms with Crippen LogP contribution in [-0.4, -0.2) is 56.4 Å². The average molecular weight is 572 g/mol. The Labute approximate surface area is 248 Å². The summed E-state index contributed by atoms with van der Waals surface area (Å²) in [6.45, 7) is 7.31. The molecule has 8 heteroatoms. The second kappa shape index (κ2) is 15.2. The zero-order valence-electron chi connectivity index (χ0n) is 24.6. The molecule has 0 unspecified atom stereocenters. The molecule has 3 aromatic carbocycles. The van der Waals surface area contributed by atoms with Gasteiger partial charge in [-0.2, -0.15) is 0 Å². The number of nitrogens with one attached hydrogen (secondary N) is 3. The normalized spacial score (nSPS) is 13.5. The van der Waals surface area contributed by atoms with E-state index in [0.717, 1.165) is 27.8 Å². The van der Waals surface area contributed by atoms with Crippen molar-refractivity contribution in [1.82, 2.24) is 16.0 Å². The minimum atomic E-state index is -0.936. The first-order chi connectivity index (χ1) is 20.4. The summed E-state index contributed by atoms with van der Waals surface area (Å²) in [5.74, 6) is -0.662. The van der Waals surface area contributed by atoms with Crippen LogP contribution in [0.5, 0.6) is 0 Å². The van der Waals surface area contributed by atoms with Gasteiger partial charge in [0, 0.05) is 25.5 Å². The van der Waals surface area contributed by atoms with Gasteiger partial charge in [0.1, 0.15) is 18.7 Å². The highest BCUT2D eigenvalue weighted by atomic mass is 16.5. The fourth-order valence-corrected chi connectivity index (χ4v) is 5.33. The molecule has 0 spiro atoms. The molecule has 1 aliphatic rings. The van der Waals surface area contributed by atoms with E-state index in [0.29, 0.717) is 26.2 Å². The molecule has 1 aliphatic carbocycles. The molecule has 3 aromatic rings. The van der Waals surface area contributed by atoms with Gasteiger partial charge in [0.25, 0.3) is 0 Å². The third-order valence-electron chi connectivity index (χ3n) is 7.32. The minimum Gasteiger partial charge on any atom is -0.449 e. The van der Waals surface area contributed by atoms with Crippen LogP contribution in [0.1, 0.15) is 49.8 Å². The SMILES string of the molecule is CCOCCNC(=O)[C@H](CC(C)C)NC(=O)[C@H](Cc1ccccc1)NC(=O)OCC1c2ccccc2-c2ccccc21. The van der Waals surface area contributed by atoms with Crippen LogP contribution in [0.2, 0.25) is 0 Å². The summed E-state index contributed by atoms with van der Waals surface area (Å²) in [4.78, 5) is 39.6. The molecule has 4 rings (SSSR count). The lowest BCUT2D eigenvalue weighted by Crippen LogP contribution is -2.55. The van der Waals surface area contributed by atoms with Gasteiger partial charge in [-0.25, -0.2) is 4.79 Å². The molecule has 0 aliphatic heterocycles. The van der Waals surface area contributed by atoms with Crippen LogP contribution >= 0.6 is 0 Å². The van der Waals surface area contributed by atoms with Crippen molar-refractivity contribution >= 4 is 17.9 Å². The summed E-state index contributed by atoms with van der Waals surface area (Å²) in [6.07, 6.45) is 0.0152. The molecular weight excluding hydrogens is 530 g/mol. The van der Waals surface area contributed by atoms with Gasteiger partial charge >= 0.3 is 6.09 Å². The molecule has 0 fully saturated rings. The molecule has 42 heavy (non-hydrogen) atoms. The second-order valence-corrected chi connectivity index (χ2v) is 10.9. The maximum Gasteiger partial charge on any atom is 0.407 e. The molecule has 2 atom stereocenters. The molecule has 0 aromatic heterocycles. The Morgan fingerprint density at radius 1 is 0.786 bits per heavy atom. The first-order valence-corrected chi connectivity index (χ1v) is 14.7. The van der Waals surface area contributed by atoms with Crippen LogP contribution in [0.3, 0.4) is 0 Å². The molecule has 0 saturated carbocycles. The smallest absolute Gasteiger partial charge is 0.407 e. The number of carbonyl (C=O) groups excluding carboxylic acids is 3. The molecular formula is C34H41N3O5. The van der Waals surface area contributed by atoms with Crippen molar-refractivity contribution in [1.29, 1.82) is 0 Å². The third-order valence-corrected chi connectivity index (χ3v) is 7.32. The van der Waals surface area contributed by atoms with E-state index in [-0.39, 0.29) is 30.8 Å². The quantitative estimate of drug-likeness (QED) is 0.241. The summed E-state index contributed by atoms with van der Waals surface area (Å²) < 4.78 is 11.0. The largest absolute Gasteiger partial charge is 0.449 e. The van der Waals surface area contributed by atoms with Crippen LogP contribution < -0.4 is 16.0 Å². The monoisotopic (exact) mass is 571 g/mol. The Morgan fingerprint density at radius 3 is 2.02 bits per heavy atom. The molecule has 0 heterocycles. The van der Waals surface area contributed by atoms with Gasteiger partial charge < -0.3 is 25.4 Å². The predicted molar refractivity (Wildman–Crippen MR) is 163 cm³/mol. The predicted octanol–water partition coefficient (Wildman–Crippen LogP) is 4.82. The molecule has 0 radical (unpaired) electrons. The average Bonchev–Trinajstić information content (AvgIpc) is 3.31. The Morgan fingerprint density at radius 2 is 1.40 bits per heavy atom. The number of ether oxygens (including phenoxy) is 2. The summed E-state index contributed by atoms with van der Waals surface area (Å²) in [5.41, 5.74) is 5.37. The number of amides is 3. The number of carbonyl (C=O) groups is 3. The van der Waals surface area contributed by atoms with Crippen molar-refractivity contribution in [2.45, 2.75) is 51.6 Å². The van der Waals surface area contributed by atoms with Crippen molar-refractivity contribution in [3.05, 3.63) is 95.6 Å². The van der Waals surface area contributed by atoms with Crippen molar-refractivity contribution in [3.63, 3.8) is 0 Å². The lowest BCUT2D eigenvalue weighted by molar-refractivity contribution is -0.130. The van der Waals surface area contributed by atoms with Crippen molar-refractivity contribution in [2.75, 3.05) is 26.4 Å². The van der Waals surface area contributed by atoms with Crippen LogP contribution in [0.4, 0.5) is 4.79 Å². The topological polar surface area (TPSA) is 106 Å². The number of hydrogen-bond donors (Lipinski definition) is 3. The summed E-state index contributed by atoms with van der Waals surface area (Å²) in [6, 6.07) is 24.0. The number of fused-ring (bicyclic) bond motifs is 3. The van der Waals surface area contributed by atoms with Crippen LogP contribution in [0.15, 0.2) is 78.9 Å². The van der Waals surface area contributed by atoms with E-state index in [1.165, 1.54) is 0 Å². The van der Waals surface area contributed by atoms with E-state index in [1.54, 1.807) is 0 Å². The van der Waals surface area contributed by atoms with Gasteiger partial charge in [0.05, 0.1) is 6.61 Å². The highest BCUT2D eigenvalue weighted by Crippen LogP contribution is 2.44. The van der Waals surface area contributed by atoms with Crippen molar-refractivity contribution in [3.8, 4) is 11.1 Å². The van der Waals surface area contributed by atoms with Gasteiger partial charge in [0.2, 0.25) is 11.8 Å². The maximum absolute atomic E-state index is 13.6. The number of hydrogen-bond acceptors (Lipinski definition) is 5. The molecule has 0 saturated heterocycles. The number of benzene rings is 3.